The van der Waals surface area contributed by atoms with Crippen molar-refractivity contribution in [2.45, 2.75) is 46.4 Å². The Bertz CT molecular complexity index is 399. The monoisotopic (exact) mass is 264 g/mol. The molecular weight excluding hydrogens is 240 g/mol. The summed E-state index contributed by atoms with van der Waals surface area (Å²) in [5, 5.41) is 0. The fraction of sp³-hybridized carbons (Fsp3) is 0.533. The van der Waals surface area contributed by atoms with Crippen LogP contribution in [0.5, 0.6) is 0 Å². The minimum Gasteiger partial charge on any atom is -0.369 e. The van der Waals surface area contributed by atoms with E-state index in [1.807, 2.05) is 52.0 Å². The van der Waals surface area contributed by atoms with Crippen LogP contribution in [0.1, 0.15) is 33.3 Å². The highest BCUT2D eigenvalue weighted by Gasteiger charge is 2.19. The molecule has 0 heterocycles. The Morgan fingerprint density at radius 1 is 1.21 bits per heavy atom. The topological polar surface area (TPSA) is 55.6 Å². The Hall–Kier alpha value is -1.39. The summed E-state index contributed by atoms with van der Waals surface area (Å²) in [5.74, 6) is -0.0239. The number of hydrogen-bond acceptors (Lipinski definition) is 3. The number of anilines is 1. The summed E-state index contributed by atoms with van der Waals surface area (Å²) in [4.78, 5) is 14.0. The van der Waals surface area contributed by atoms with Gasteiger partial charge in [0, 0.05) is 18.3 Å². The van der Waals surface area contributed by atoms with E-state index in [0.29, 0.717) is 6.54 Å². The van der Waals surface area contributed by atoms with Gasteiger partial charge in [0.2, 0.25) is 0 Å². The number of hydrogen-bond donors (Lipinski definition) is 1. The summed E-state index contributed by atoms with van der Waals surface area (Å²) in [6.07, 6.45) is 0.0533. The molecule has 106 valence electrons. The van der Waals surface area contributed by atoms with Crippen LogP contribution in [-0.4, -0.2) is 24.7 Å². The average molecular weight is 264 g/mol. The summed E-state index contributed by atoms with van der Waals surface area (Å²) >= 11 is 0. The van der Waals surface area contributed by atoms with Gasteiger partial charge in [0.15, 0.2) is 0 Å². The second kappa shape index (κ2) is 7.26. The van der Waals surface area contributed by atoms with E-state index in [-0.39, 0.29) is 24.7 Å². The maximum atomic E-state index is 12.2. The first-order valence-corrected chi connectivity index (χ1v) is 6.68. The van der Waals surface area contributed by atoms with Gasteiger partial charge in [-0.1, -0.05) is 12.1 Å². The molecule has 4 nitrogen and oxygen atoms in total. The molecule has 0 saturated heterocycles. The molecule has 0 aliphatic rings. The first-order chi connectivity index (χ1) is 8.95. The quantitative estimate of drug-likeness (QED) is 0.858. The fourth-order valence-electron chi connectivity index (χ4n) is 1.83. The molecule has 0 spiro atoms. The zero-order valence-corrected chi connectivity index (χ0v) is 12.2. The van der Waals surface area contributed by atoms with Gasteiger partial charge >= 0.3 is 0 Å². The number of carbonyl (C=O) groups is 1. The number of amides is 1. The molecule has 0 aliphatic heterocycles. The van der Waals surface area contributed by atoms with Crippen LogP contribution >= 0.6 is 0 Å². The highest BCUT2D eigenvalue weighted by Crippen LogP contribution is 2.18. The van der Waals surface area contributed by atoms with Crippen molar-refractivity contribution < 1.29 is 9.53 Å². The van der Waals surface area contributed by atoms with Crippen molar-refractivity contribution in [3.05, 3.63) is 29.8 Å². The lowest BCUT2D eigenvalue weighted by molar-refractivity contribution is -0.124. The average Bonchev–Trinajstić information content (AvgIpc) is 2.37. The zero-order valence-electron chi connectivity index (χ0n) is 12.2. The van der Waals surface area contributed by atoms with Gasteiger partial charge in [0.05, 0.1) is 6.10 Å². The fourth-order valence-corrected chi connectivity index (χ4v) is 1.83. The third-order valence-electron chi connectivity index (χ3n) is 2.78. The van der Waals surface area contributed by atoms with E-state index in [0.717, 1.165) is 11.3 Å². The highest BCUT2D eigenvalue weighted by atomic mass is 16.5. The van der Waals surface area contributed by atoms with E-state index in [4.69, 9.17) is 10.5 Å². The van der Waals surface area contributed by atoms with E-state index < -0.39 is 0 Å². The van der Waals surface area contributed by atoms with E-state index in [1.54, 1.807) is 4.90 Å². The van der Waals surface area contributed by atoms with Gasteiger partial charge < -0.3 is 15.4 Å². The van der Waals surface area contributed by atoms with Crippen LogP contribution in [-0.2, 0) is 16.1 Å². The summed E-state index contributed by atoms with van der Waals surface area (Å²) in [6.45, 7) is 8.43. The van der Waals surface area contributed by atoms with Gasteiger partial charge in [0.1, 0.15) is 6.61 Å². The minimum atomic E-state index is -0.0239. The normalized spacial score (nSPS) is 11.1. The molecule has 0 aliphatic carbocycles. The number of nitrogens with two attached hydrogens (primary N) is 1. The Labute approximate surface area is 115 Å². The molecule has 2 N–H and O–H groups in total. The lowest BCUT2D eigenvalue weighted by Crippen LogP contribution is -2.39. The van der Waals surface area contributed by atoms with E-state index in [2.05, 4.69) is 0 Å². The molecule has 1 aromatic carbocycles. The van der Waals surface area contributed by atoms with Crippen LogP contribution in [0, 0.1) is 0 Å². The molecule has 0 aromatic heterocycles. The molecule has 0 fully saturated rings. The van der Waals surface area contributed by atoms with Crippen molar-refractivity contribution in [3.63, 3.8) is 0 Å². The summed E-state index contributed by atoms with van der Waals surface area (Å²) in [6, 6.07) is 7.83. The van der Waals surface area contributed by atoms with Crippen LogP contribution in [0.15, 0.2) is 24.3 Å². The van der Waals surface area contributed by atoms with Crippen molar-refractivity contribution >= 4 is 11.6 Å². The SMILES string of the molecule is CC(C)OCC(=O)N(c1ccc(CN)cc1)C(C)C. The molecule has 1 aromatic rings. The Morgan fingerprint density at radius 2 is 1.79 bits per heavy atom. The number of rotatable bonds is 6. The number of nitrogens with zero attached hydrogens (tertiary/aromatic N) is 1. The van der Waals surface area contributed by atoms with Crippen LogP contribution in [0.4, 0.5) is 5.69 Å². The molecule has 0 saturated carbocycles. The molecule has 0 atom stereocenters. The van der Waals surface area contributed by atoms with Crippen molar-refractivity contribution in [3.8, 4) is 0 Å². The van der Waals surface area contributed by atoms with Crippen LogP contribution < -0.4 is 10.6 Å². The van der Waals surface area contributed by atoms with Gasteiger partial charge in [-0.05, 0) is 45.4 Å². The van der Waals surface area contributed by atoms with Gasteiger partial charge in [-0.15, -0.1) is 0 Å². The summed E-state index contributed by atoms with van der Waals surface area (Å²) in [7, 11) is 0. The van der Waals surface area contributed by atoms with Gasteiger partial charge in [-0.25, -0.2) is 0 Å². The first kappa shape index (κ1) is 15.7. The standard InChI is InChI=1S/C15H24N2O2/c1-11(2)17(15(18)10-19-12(3)4)14-7-5-13(9-16)6-8-14/h5-8,11-12H,9-10,16H2,1-4H3. The maximum Gasteiger partial charge on any atom is 0.253 e. The molecule has 0 unspecified atom stereocenters. The molecule has 4 heteroatoms. The maximum absolute atomic E-state index is 12.2. The predicted octanol–water partition coefficient (Wildman–Crippen LogP) is 2.31. The van der Waals surface area contributed by atoms with E-state index in [1.165, 1.54) is 0 Å². The van der Waals surface area contributed by atoms with Crippen molar-refractivity contribution in [2.75, 3.05) is 11.5 Å². The van der Waals surface area contributed by atoms with Crippen molar-refractivity contribution in [2.24, 2.45) is 5.73 Å². The van der Waals surface area contributed by atoms with Crippen LogP contribution in [0.2, 0.25) is 0 Å². The van der Waals surface area contributed by atoms with Crippen LogP contribution in [0.3, 0.4) is 0 Å². The zero-order chi connectivity index (χ0) is 14.4. The Morgan fingerprint density at radius 3 is 2.21 bits per heavy atom. The third kappa shape index (κ3) is 4.65. The molecule has 0 radical (unpaired) electrons. The number of benzene rings is 1. The molecule has 1 rings (SSSR count). The highest BCUT2D eigenvalue weighted by molar-refractivity contribution is 5.94. The van der Waals surface area contributed by atoms with Crippen LogP contribution in [0.25, 0.3) is 0 Å². The van der Waals surface area contributed by atoms with Gasteiger partial charge in [-0.3, -0.25) is 4.79 Å². The number of ether oxygens (including phenoxy) is 1. The Balaban J connectivity index is 2.83. The number of carbonyl (C=O) groups excluding carboxylic acids is 1. The second-order valence-corrected chi connectivity index (χ2v) is 5.09. The van der Waals surface area contributed by atoms with Crippen molar-refractivity contribution in [1.29, 1.82) is 0 Å². The smallest absolute Gasteiger partial charge is 0.253 e. The van der Waals surface area contributed by atoms with Gasteiger partial charge in [0.25, 0.3) is 5.91 Å². The Kier molecular flexibility index (Phi) is 5.99. The lowest BCUT2D eigenvalue weighted by atomic mass is 10.1. The predicted molar refractivity (Wildman–Crippen MR) is 78.0 cm³/mol. The minimum absolute atomic E-state index is 0.0239. The van der Waals surface area contributed by atoms with Crippen molar-refractivity contribution in [1.82, 2.24) is 0 Å². The van der Waals surface area contributed by atoms with E-state index >= 15 is 0 Å². The lowest BCUT2D eigenvalue weighted by Gasteiger charge is -2.27. The molecular formula is C15H24N2O2. The first-order valence-electron chi connectivity index (χ1n) is 6.68. The summed E-state index contributed by atoms with van der Waals surface area (Å²) in [5.41, 5.74) is 7.51. The molecule has 1 amide bonds. The molecule has 19 heavy (non-hydrogen) atoms. The van der Waals surface area contributed by atoms with Gasteiger partial charge in [-0.2, -0.15) is 0 Å². The molecule has 0 bridgehead atoms. The largest absolute Gasteiger partial charge is 0.369 e. The third-order valence-corrected chi connectivity index (χ3v) is 2.78. The summed E-state index contributed by atoms with van der Waals surface area (Å²) < 4.78 is 5.39. The second-order valence-electron chi connectivity index (χ2n) is 5.09. The van der Waals surface area contributed by atoms with E-state index in [9.17, 15) is 4.79 Å².